The summed E-state index contributed by atoms with van der Waals surface area (Å²) in [7, 11) is 0. The number of rotatable bonds is 4. The molecule has 1 aliphatic heterocycles. The van der Waals surface area contributed by atoms with Crippen molar-refractivity contribution in [3.63, 3.8) is 0 Å². The first-order chi connectivity index (χ1) is 13.2. The lowest BCUT2D eigenvalue weighted by molar-refractivity contribution is 0.119. The molecule has 0 aliphatic carbocycles. The summed E-state index contributed by atoms with van der Waals surface area (Å²) in [5.74, 6) is 1.00. The first-order valence-electron chi connectivity index (χ1n) is 9.23. The lowest BCUT2D eigenvalue weighted by atomic mass is 10.2. The normalized spacial score (nSPS) is 16.5. The monoisotopic (exact) mass is 380 g/mol. The summed E-state index contributed by atoms with van der Waals surface area (Å²) in [5.41, 5.74) is 4.38. The summed E-state index contributed by atoms with van der Waals surface area (Å²) in [6, 6.07) is 10.0. The predicted octanol–water partition coefficient (Wildman–Crippen LogP) is 3.41. The Kier molecular flexibility index (Phi) is 4.32. The number of hydrogen-bond donors (Lipinski definition) is 2. The van der Waals surface area contributed by atoms with Crippen LogP contribution in [0.4, 0.5) is 0 Å². The number of piperazine rings is 1. The minimum atomic E-state index is 0.735. The first-order valence-corrected chi connectivity index (χ1v) is 9.61. The Morgan fingerprint density at radius 2 is 1.74 bits per heavy atom. The van der Waals surface area contributed by atoms with E-state index in [2.05, 4.69) is 35.8 Å². The van der Waals surface area contributed by atoms with Crippen LogP contribution < -0.4 is 0 Å². The summed E-state index contributed by atoms with van der Waals surface area (Å²) >= 11 is 6.06. The molecule has 1 aromatic carbocycles. The summed E-state index contributed by atoms with van der Waals surface area (Å²) < 4.78 is 0. The molecular formula is C20H21ClN6. The molecule has 0 atom stereocenters. The molecular weight excluding hydrogens is 360 g/mol. The standard InChI is InChI=1S/C20H21ClN6/c21-15-1-2-18-19(10-15)25-20(24-18)13-27-7-5-26(6-8-27)12-16-9-14-11-22-4-3-17(14)23-16/h1-4,9-11,23H,5-8,12-13H2,(H,24,25). The van der Waals surface area contributed by atoms with Crippen molar-refractivity contribution in [1.82, 2.24) is 29.7 Å². The van der Waals surface area contributed by atoms with E-state index in [4.69, 9.17) is 11.6 Å². The number of hydrogen-bond acceptors (Lipinski definition) is 4. The quantitative estimate of drug-likeness (QED) is 0.569. The van der Waals surface area contributed by atoms with Crippen molar-refractivity contribution in [3.8, 4) is 0 Å². The summed E-state index contributed by atoms with van der Waals surface area (Å²) in [6.07, 6.45) is 3.74. The van der Waals surface area contributed by atoms with Gasteiger partial charge in [0, 0.05) is 66.7 Å². The van der Waals surface area contributed by atoms with Gasteiger partial charge < -0.3 is 9.97 Å². The van der Waals surface area contributed by atoms with Crippen molar-refractivity contribution in [3.05, 3.63) is 59.3 Å². The molecule has 4 heterocycles. The zero-order valence-electron chi connectivity index (χ0n) is 15.0. The van der Waals surface area contributed by atoms with Gasteiger partial charge in [-0.25, -0.2) is 4.98 Å². The number of aromatic nitrogens is 4. The highest BCUT2D eigenvalue weighted by Gasteiger charge is 2.19. The highest BCUT2D eigenvalue weighted by atomic mass is 35.5. The van der Waals surface area contributed by atoms with Gasteiger partial charge in [-0.3, -0.25) is 14.8 Å². The average molecular weight is 381 g/mol. The molecule has 1 aliphatic rings. The van der Waals surface area contributed by atoms with Crippen molar-refractivity contribution in [1.29, 1.82) is 0 Å². The second-order valence-corrected chi connectivity index (χ2v) is 7.59. The molecule has 4 aromatic rings. The molecule has 0 amide bonds. The molecule has 138 valence electrons. The third kappa shape index (κ3) is 3.56. The Balaban J connectivity index is 1.19. The number of halogens is 1. The van der Waals surface area contributed by atoms with E-state index in [1.54, 1.807) is 0 Å². The van der Waals surface area contributed by atoms with Crippen LogP contribution in [0.15, 0.2) is 42.7 Å². The van der Waals surface area contributed by atoms with Crippen LogP contribution in [0, 0.1) is 0 Å². The molecule has 0 radical (unpaired) electrons. The van der Waals surface area contributed by atoms with Gasteiger partial charge >= 0.3 is 0 Å². The first kappa shape index (κ1) is 16.7. The Labute approximate surface area is 162 Å². The molecule has 0 bridgehead atoms. The molecule has 0 saturated carbocycles. The second-order valence-electron chi connectivity index (χ2n) is 7.15. The molecule has 7 heteroatoms. The lowest BCUT2D eigenvalue weighted by Gasteiger charge is -2.33. The Hall–Kier alpha value is -2.41. The summed E-state index contributed by atoms with van der Waals surface area (Å²) in [5, 5.41) is 1.91. The van der Waals surface area contributed by atoms with Gasteiger partial charge in [0.25, 0.3) is 0 Å². The lowest BCUT2D eigenvalue weighted by Crippen LogP contribution is -2.45. The van der Waals surface area contributed by atoms with Crippen LogP contribution in [-0.4, -0.2) is 55.9 Å². The van der Waals surface area contributed by atoms with Crippen molar-refractivity contribution in [2.75, 3.05) is 26.2 Å². The second kappa shape index (κ2) is 6.96. The minimum Gasteiger partial charge on any atom is -0.357 e. The van der Waals surface area contributed by atoms with Gasteiger partial charge in [0.1, 0.15) is 5.82 Å². The van der Waals surface area contributed by atoms with Crippen molar-refractivity contribution >= 4 is 33.5 Å². The van der Waals surface area contributed by atoms with Crippen LogP contribution in [-0.2, 0) is 13.1 Å². The molecule has 2 N–H and O–H groups in total. The average Bonchev–Trinajstić information content (AvgIpc) is 3.25. The van der Waals surface area contributed by atoms with Crippen LogP contribution in [0.3, 0.4) is 0 Å². The summed E-state index contributed by atoms with van der Waals surface area (Å²) in [6.45, 7) is 5.99. The topological polar surface area (TPSA) is 63.8 Å². The van der Waals surface area contributed by atoms with E-state index < -0.39 is 0 Å². The molecule has 1 fully saturated rings. The van der Waals surface area contributed by atoms with E-state index >= 15 is 0 Å². The third-order valence-electron chi connectivity index (χ3n) is 5.20. The Morgan fingerprint density at radius 3 is 2.56 bits per heavy atom. The minimum absolute atomic E-state index is 0.735. The van der Waals surface area contributed by atoms with Crippen molar-refractivity contribution in [2.24, 2.45) is 0 Å². The number of H-pyrrole nitrogens is 2. The van der Waals surface area contributed by atoms with Crippen LogP contribution in [0.25, 0.3) is 21.9 Å². The third-order valence-corrected chi connectivity index (χ3v) is 5.44. The zero-order chi connectivity index (χ0) is 18.2. The van der Waals surface area contributed by atoms with E-state index in [1.807, 2.05) is 36.7 Å². The predicted molar refractivity (Wildman–Crippen MR) is 108 cm³/mol. The molecule has 0 spiro atoms. The van der Waals surface area contributed by atoms with Gasteiger partial charge in [-0.1, -0.05) is 11.6 Å². The maximum Gasteiger partial charge on any atom is 0.121 e. The van der Waals surface area contributed by atoms with Gasteiger partial charge in [-0.15, -0.1) is 0 Å². The summed E-state index contributed by atoms with van der Waals surface area (Å²) in [4.78, 5) is 20.7. The molecule has 27 heavy (non-hydrogen) atoms. The molecule has 3 aromatic heterocycles. The smallest absolute Gasteiger partial charge is 0.121 e. The number of pyridine rings is 1. The van der Waals surface area contributed by atoms with E-state index in [9.17, 15) is 0 Å². The van der Waals surface area contributed by atoms with E-state index in [0.717, 1.165) is 66.7 Å². The Bertz CT molecular complexity index is 1040. The molecule has 1 saturated heterocycles. The highest BCUT2D eigenvalue weighted by Crippen LogP contribution is 2.19. The van der Waals surface area contributed by atoms with Crippen LogP contribution in [0.1, 0.15) is 11.5 Å². The fourth-order valence-electron chi connectivity index (χ4n) is 3.79. The number of aromatic amines is 2. The van der Waals surface area contributed by atoms with Gasteiger partial charge in [0.2, 0.25) is 0 Å². The molecule has 5 rings (SSSR count). The van der Waals surface area contributed by atoms with Gasteiger partial charge in [-0.05, 0) is 30.3 Å². The molecule has 6 nitrogen and oxygen atoms in total. The number of benzene rings is 1. The fraction of sp³-hybridized carbons (Fsp3) is 0.300. The number of fused-ring (bicyclic) bond motifs is 2. The Morgan fingerprint density at radius 1 is 0.926 bits per heavy atom. The number of imidazole rings is 1. The van der Waals surface area contributed by atoms with Gasteiger partial charge in [0.05, 0.1) is 17.6 Å². The highest BCUT2D eigenvalue weighted by molar-refractivity contribution is 6.31. The number of nitrogens with zero attached hydrogens (tertiary/aromatic N) is 4. The van der Waals surface area contributed by atoms with Crippen molar-refractivity contribution in [2.45, 2.75) is 13.1 Å². The molecule has 0 unspecified atom stereocenters. The zero-order valence-corrected chi connectivity index (χ0v) is 15.7. The van der Waals surface area contributed by atoms with E-state index in [-0.39, 0.29) is 0 Å². The van der Waals surface area contributed by atoms with Gasteiger partial charge in [-0.2, -0.15) is 0 Å². The van der Waals surface area contributed by atoms with Crippen molar-refractivity contribution < 1.29 is 0 Å². The van der Waals surface area contributed by atoms with Crippen LogP contribution in [0.2, 0.25) is 5.02 Å². The SMILES string of the molecule is Clc1ccc2nc(CN3CCN(Cc4cc5cnccc5[nH]4)CC3)[nH]c2c1. The van der Waals surface area contributed by atoms with Crippen LogP contribution >= 0.6 is 11.6 Å². The van der Waals surface area contributed by atoms with Crippen LogP contribution in [0.5, 0.6) is 0 Å². The van der Waals surface area contributed by atoms with Gasteiger partial charge in [0.15, 0.2) is 0 Å². The fourth-order valence-corrected chi connectivity index (χ4v) is 3.96. The maximum absolute atomic E-state index is 6.06. The van der Waals surface area contributed by atoms with E-state index in [1.165, 1.54) is 11.1 Å². The number of nitrogens with one attached hydrogen (secondary N) is 2. The maximum atomic E-state index is 6.06. The largest absolute Gasteiger partial charge is 0.357 e. The van der Waals surface area contributed by atoms with E-state index in [0.29, 0.717) is 0 Å².